The van der Waals surface area contributed by atoms with E-state index in [1.807, 2.05) is 16.8 Å². The first-order chi connectivity index (χ1) is 8.08. The quantitative estimate of drug-likeness (QED) is 0.760. The minimum atomic E-state index is -0.798. The number of hydrogen-bond donors (Lipinski definition) is 0. The molecule has 2 aromatic rings. The molecule has 0 aliphatic rings. The minimum Gasteiger partial charge on any atom is -0.294 e. The number of halogens is 2. The minimum absolute atomic E-state index is 0.0462. The molecule has 0 unspecified atom stereocenters. The maximum absolute atomic E-state index is 13.5. The normalized spacial score (nSPS) is 10.5. The summed E-state index contributed by atoms with van der Waals surface area (Å²) in [6.45, 7) is 1.51. The number of Topliss-reactive ketones (excluding diaryl/α,β-unsaturated/α-hetero) is 1. The first-order valence-corrected chi connectivity index (χ1v) is 6.02. The molecule has 17 heavy (non-hydrogen) atoms. The third kappa shape index (κ3) is 2.58. The van der Waals surface area contributed by atoms with Gasteiger partial charge in [-0.1, -0.05) is 0 Å². The van der Waals surface area contributed by atoms with Crippen molar-refractivity contribution in [1.82, 2.24) is 0 Å². The highest BCUT2D eigenvalue weighted by atomic mass is 32.1. The lowest BCUT2D eigenvalue weighted by Gasteiger charge is -2.04. The number of carbonyl (C=O) groups excluding carboxylic acids is 1. The summed E-state index contributed by atoms with van der Waals surface area (Å²) in [7, 11) is 0. The van der Waals surface area contributed by atoms with Crippen LogP contribution in [0.25, 0.3) is 0 Å². The number of hydrogen-bond acceptors (Lipinski definition) is 2. The van der Waals surface area contributed by atoms with Gasteiger partial charge in [0.05, 0.1) is 5.56 Å². The van der Waals surface area contributed by atoms with E-state index in [1.165, 1.54) is 24.3 Å². The van der Waals surface area contributed by atoms with Gasteiger partial charge in [-0.15, -0.1) is 0 Å². The summed E-state index contributed by atoms with van der Waals surface area (Å²) in [4.78, 5) is 11.8. The van der Waals surface area contributed by atoms with Crippen molar-refractivity contribution in [2.24, 2.45) is 0 Å². The molecule has 0 amide bonds. The summed E-state index contributed by atoms with van der Waals surface area (Å²) in [5.41, 5.74) is 1.08. The molecule has 1 aromatic heterocycles. The summed E-state index contributed by atoms with van der Waals surface area (Å²) < 4.78 is 26.5. The van der Waals surface area contributed by atoms with Crippen LogP contribution in [-0.2, 0) is 6.42 Å². The number of ketones is 1. The Hall–Kier alpha value is -1.55. The second-order valence-corrected chi connectivity index (χ2v) is 4.59. The highest BCUT2D eigenvalue weighted by molar-refractivity contribution is 7.08. The molecule has 0 N–H and O–H groups in total. The lowest BCUT2D eigenvalue weighted by molar-refractivity contribution is 0.0989. The van der Waals surface area contributed by atoms with Gasteiger partial charge in [-0.2, -0.15) is 11.3 Å². The molecule has 0 fully saturated rings. The van der Waals surface area contributed by atoms with Gasteiger partial charge >= 0.3 is 0 Å². The lowest BCUT2D eigenvalue weighted by atomic mass is 10.0. The highest BCUT2D eigenvalue weighted by Crippen LogP contribution is 2.17. The van der Waals surface area contributed by atoms with Crippen molar-refractivity contribution in [3.8, 4) is 0 Å². The summed E-state index contributed by atoms with van der Waals surface area (Å²) in [5, 5.41) is 3.70. The van der Waals surface area contributed by atoms with E-state index in [9.17, 15) is 13.6 Å². The van der Waals surface area contributed by atoms with E-state index in [1.54, 1.807) is 0 Å². The van der Waals surface area contributed by atoms with Crippen LogP contribution in [0.4, 0.5) is 8.78 Å². The van der Waals surface area contributed by atoms with Crippen molar-refractivity contribution < 1.29 is 13.6 Å². The standard InChI is InChI=1S/C13H10F2OS/c1-8-4-10(12(15)6-11(8)14)13(16)5-9-2-3-17-7-9/h2-4,6-7H,5H2,1H3. The van der Waals surface area contributed by atoms with Gasteiger partial charge < -0.3 is 0 Å². The fraction of sp³-hybridized carbons (Fsp3) is 0.154. The molecule has 1 aromatic carbocycles. The van der Waals surface area contributed by atoms with Crippen molar-refractivity contribution in [2.45, 2.75) is 13.3 Å². The van der Waals surface area contributed by atoms with E-state index in [0.29, 0.717) is 0 Å². The maximum atomic E-state index is 13.5. The second kappa shape index (κ2) is 4.75. The topological polar surface area (TPSA) is 17.1 Å². The van der Waals surface area contributed by atoms with Gasteiger partial charge in [0.15, 0.2) is 5.78 Å². The second-order valence-electron chi connectivity index (χ2n) is 3.81. The highest BCUT2D eigenvalue weighted by Gasteiger charge is 2.15. The van der Waals surface area contributed by atoms with Crippen LogP contribution in [0.1, 0.15) is 21.5 Å². The van der Waals surface area contributed by atoms with Gasteiger partial charge in [-0.25, -0.2) is 8.78 Å². The molecule has 88 valence electrons. The molecule has 1 heterocycles. The smallest absolute Gasteiger partial charge is 0.170 e. The SMILES string of the molecule is Cc1cc(C(=O)Cc2ccsc2)c(F)cc1F. The third-order valence-electron chi connectivity index (χ3n) is 2.49. The molecule has 0 bridgehead atoms. The molecule has 1 nitrogen and oxygen atoms in total. The number of carbonyl (C=O) groups is 1. The molecule has 0 atom stereocenters. The van der Waals surface area contributed by atoms with Crippen LogP contribution >= 0.6 is 11.3 Å². The van der Waals surface area contributed by atoms with Crippen LogP contribution in [0.3, 0.4) is 0 Å². The van der Waals surface area contributed by atoms with Crippen LogP contribution in [-0.4, -0.2) is 5.78 Å². The molecule has 0 radical (unpaired) electrons. The summed E-state index contributed by atoms with van der Waals surface area (Å²) >= 11 is 1.48. The number of aryl methyl sites for hydroxylation is 1. The summed E-state index contributed by atoms with van der Waals surface area (Å²) in [5.74, 6) is -1.76. The fourth-order valence-corrected chi connectivity index (χ4v) is 2.21. The zero-order valence-corrected chi connectivity index (χ0v) is 9.98. The Morgan fingerprint density at radius 2 is 2.06 bits per heavy atom. The number of rotatable bonds is 3. The molecule has 0 aliphatic heterocycles. The van der Waals surface area contributed by atoms with Crippen molar-refractivity contribution in [3.63, 3.8) is 0 Å². The summed E-state index contributed by atoms with van der Waals surface area (Å²) in [6, 6.07) is 3.84. The van der Waals surface area contributed by atoms with Crippen LogP contribution in [0, 0.1) is 18.6 Å². The van der Waals surface area contributed by atoms with E-state index in [0.717, 1.165) is 11.6 Å². The molecule has 0 saturated carbocycles. The average Bonchev–Trinajstić information content (AvgIpc) is 2.76. The number of benzene rings is 1. The zero-order valence-electron chi connectivity index (χ0n) is 9.17. The molecule has 2 rings (SSSR count). The van der Waals surface area contributed by atoms with Gasteiger partial charge in [0.1, 0.15) is 11.6 Å². The lowest BCUT2D eigenvalue weighted by Crippen LogP contribution is -2.07. The molecular weight excluding hydrogens is 242 g/mol. The van der Waals surface area contributed by atoms with Gasteiger partial charge in [0.25, 0.3) is 0 Å². The average molecular weight is 252 g/mol. The van der Waals surface area contributed by atoms with Crippen molar-refractivity contribution >= 4 is 17.1 Å². The van der Waals surface area contributed by atoms with Crippen LogP contribution in [0.2, 0.25) is 0 Å². The van der Waals surface area contributed by atoms with E-state index in [4.69, 9.17) is 0 Å². The van der Waals surface area contributed by atoms with Crippen molar-refractivity contribution in [3.05, 3.63) is 57.3 Å². The Kier molecular flexibility index (Phi) is 3.33. The molecular formula is C13H10F2OS. The first-order valence-electron chi connectivity index (χ1n) is 5.08. The van der Waals surface area contributed by atoms with Gasteiger partial charge in [-0.05, 0) is 40.9 Å². The Balaban J connectivity index is 2.28. The maximum Gasteiger partial charge on any atom is 0.170 e. The number of thiophene rings is 1. The van der Waals surface area contributed by atoms with Crippen LogP contribution in [0.5, 0.6) is 0 Å². The first kappa shape index (κ1) is 11.9. The zero-order chi connectivity index (χ0) is 12.4. The van der Waals surface area contributed by atoms with E-state index < -0.39 is 11.6 Å². The van der Waals surface area contributed by atoms with Crippen molar-refractivity contribution in [2.75, 3.05) is 0 Å². The van der Waals surface area contributed by atoms with E-state index in [-0.39, 0.29) is 23.3 Å². The molecule has 4 heteroatoms. The Morgan fingerprint density at radius 3 is 2.71 bits per heavy atom. The molecule has 0 spiro atoms. The fourth-order valence-electron chi connectivity index (χ4n) is 1.54. The van der Waals surface area contributed by atoms with Crippen LogP contribution < -0.4 is 0 Å². The Morgan fingerprint density at radius 1 is 1.29 bits per heavy atom. The summed E-state index contributed by atoms with van der Waals surface area (Å²) in [6.07, 6.45) is 0.144. The van der Waals surface area contributed by atoms with Crippen molar-refractivity contribution in [1.29, 1.82) is 0 Å². The predicted molar refractivity (Wildman–Crippen MR) is 63.4 cm³/mol. The van der Waals surface area contributed by atoms with Gasteiger partial charge in [0, 0.05) is 12.5 Å². The Labute approximate surface area is 102 Å². The van der Waals surface area contributed by atoms with Crippen LogP contribution in [0.15, 0.2) is 29.0 Å². The van der Waals surface area contributed by atoms with E-state index >= 15 is 0 Å². The third-order valence-corrected chi connectivity index (χ3v) is 3.23. The molecule has 0 aliphatic carbocycles. The van der Waals surface area contributed by atoms with E-state index in [2.05, 4.69) is 0 Å². The largest absolute Gasteiger partial charge is 0.294 e. The Bertz CT molecular complexity index is 547. The molecule has 0 saturated heterocycles. The van der Waals surface area contributed by atoms with Gasteiger partial charge in [-0.3, -0.25) is 4.79 Å². The monoisotopic (exact) mass is 252 g/mol. The predicted octanol–water partition coefficient (Wildman–Crippen LogP) is 3.76. The van der Waals surface area contributed by atoms with Gasteiger partial charge in [0.2, 0.25) is 0 Å².